The van der Waals surface area contributed by atoms with Crippen molar-refractivity contribution in [2.45, 2.75) is 38.3 Å². The van der Waals surface area contributed by atoms with Crippen molar-refractivity contribution in [1.29, 1.82) is 0 Å². The van der Waals surface area contributed by atoms with E-state index in [0.29, 0.717) is 0 Å². The van der Waals surface area contributed by atoms with Crippen LogP contribution in [0.2, 0.25) is 4.34 Å². The molecule has 1 heterocycles. The molecule has 1 amide bonds. The monoisotopic (exact) mass is 258 g/mol. The van der Waals surface area contributed by atoms with Crippen molar-refractivity contribution in [2.24, 2.45) is 5.73 Å². The van der Waals surface area contributed by atoms with Crippen molar-refractivity contribution in [3.05, 3.63) is 20.8 Å². The molecule has 2 atom stereocenters. The Morgan fingerprint density at radius 2 is 2.50 bits per heavy atom. The molecule has 2 rings (SSSR count). The molecule has 1 aliphatic rings. The fraction of sp³-hybridized carbons (Fsp3) is 0.545. The van der Waals surface area contributed by atoms with E-state index in [1.54, 1.807) is 18.3 Å². The van der Waals surface area contributed by atoms with Gasteiger partial charge in [-0.15, -0.1) is 11.3 Å². The van der Waals surface area contributed by atoms with Gasteiger partial charge in [-0.3, -0.25) is 10.1 Å². The Balaban J connectivity index is 2.15. The summed E-state index contributed by atoms with van der Waals surface area (Å²) in [4.78, 5) is 12.4. The molecule has 88 valence electrons. The maximum atomic E-state index is 11.0. The van der Waals surface area contributed by atoms with Crippen molar-refractivity contribution in [2.75, 3.05) is 0 Å². The molecule has 2 unspecified atom stereocenters. The first-order valence-electron chi connectivity index (χ1n) is 5.41. The lowest BCUT2D eigenvalue weighted by Gasteiger charge is -2.25. The maximum absolute atomic E-state index is 11.0. The second-order valence-corrected chi connectivity index (χ2v) is 5.93. The standard InChI is InChI=1S/C11H15ClN2OS/c1-6(11(13)15)14-8-3-2-4-9-7(8)5-10(12)16-9/h5-6,8,14H,2-4H2,1H3,(H2,13,15). The minimum Gasteiger partial charge on any atom is -0.368 e. The summed E-state index contributed by atoms with van der Waals surface area (Å²) in [5.41, 5.74) is 6.50. The van der Waals surface area contributed by atoms with Crippen molar-refractivity contribution in [3.8, 4) is 0 Å². The van der Waals surface area contributed by atoms with Gasteiger partial charge in [0.2, 0.25) is 5.91 Å². The summed E-state index contributed by atoms with van der Waals surface area (Å²) < 4.78 is 0.824. The van der Waals surface area contributed by atoms with E-state index < -0.39 is 0 Å². The van der Waals surface area contributed by atoms with Crippen LogP contribution in [0, 0.1) is 0 Å². The molecule has 1 aromatic heterocycles. The number of amides is 1. The van der Waals surface area contributed by atoms with Crippen LogP contribution in [-0.4, -0.2) is 11.9 Å². The van der Waals surface area contributed by atoms with Crippen LogP contribution in [0.4, 0.5) is 0 Å². The van der Waals surface area contributed by atoms with Gasteiger partial charge in [0.05, 0.1) is 10.4 Å². The smallest absolute Gasteiger partial charge is 0.234 e. The lowest BCUT2D eigenvalue weighted by atomic mass is 9.93. The normalized spacial score (nSPS) is 21.5. The SMILES string of the molecule is CC(NC1CCCc2sc(Cl)cc21)C(N)=O. The van der Waals surface area contributed by atoms with Gasteiger partial charge in [0.15, 0.2) is 0 Å². The van der Waals surface area contributed by atoms with E-state index in [1.165, 1.54) is 10.4 Å². The zero-order valence-electron chi connectivity index (χ0n) is 9.13. The van der Waals surface area contributed by atoms with Crippen molar-refractivity contribution >= 4 is 28.8 Å². The van der Waals surface area contributed by atoms with Gasteiger partial charge in [0.1, 0.15) is 0 Å². The Morgan fingerprint density at radius 1 is 1.75 bits per heavy atom. The molecule has 0 spiro atoms. The number of hydrogen-bond donors (Lipinski definition) is 2. The number of rotatable bonds is 3. The number of carbonyl (C=O) groups is 1. The van der Waals surface area contributed by atoms with E-state index >= 15 is 0 Å². The highest BCUT2D eigenvalue weighted by Crippen LogP contribution is 2.37. The van der Waals surface area contributed by atoms with Gasteiger partial charge in [-0.2, -0.15) is 0 Å². The second-order valence-electron chi connectivity index (χ2n) is 4.16. The first-order valence-corrected chi connectivity index (χ1v) is 6.61. The quantitative estimate of drug-likeness (QED) is 0.874. The summed E-state index contributed by atoms with van der Waals surface area (Å²) in [6.45, 7) is 1.80. The lowest BCUT2D eigenvalue weighted by Crippen LogP contribution is -2.41. The molecule has 0 bridgehead atoms. The van der Waals surface area contributed by atoms with E-state index in [0.717, 1.165) is 23.6 Å². The highest BCUT2D eigenvalue weighted by molar-refractivity contribution is 7.16. The number of nitrogens with one attached hydrogen (secondary N) is 1. The highest BCUT2D eigenvalue weighted by Gasteiger charge is 2.24. The number of thiophene rings is 1. The molecule has 0 radical (unpaired) electrons. The highest BCUT2D eigenvalue weighted by atomic mass is 35.5. The summed E-state index contributed by atoms with van der Waals surface area (Å²) in [5, 5.41) is 3.26. The number of primary amides is 1. The first kappa shape index (κ1) is 11.9. The Kier molecular flexibility index (Phi) is 3.52. The van der Waals surface area contributed by atoms with Crippen LogP contribution in [0.1, 0.15) is 36.2 Å². The maximum Gasteiger partial charge on any atom is 0.234 e. The van der Waals surface area contributed by atoms with Crippen LogP contribution >= 0.6 is 22.9 Å². The third kappa shape index (κ3) is 2.39. The second kappa shape index (κ2) is 4.73. The number of halogens is 1. The molecule has 16 heavy (non-hydrogen) atoms. The van der Waals surface area contributed by atoms with Crippen LogP contribution in [0.15, 0.2) is 6.07 Å². The molecule has 0 aromatic carbocycles. The summed E-state index contributed by atoms with van der Waals surface area (Å²) in [5.74, 6) is -0.312. The molecule has 1 aromatic rings. The van der Waals surface area contributed by atoms with Crippen molar-refractivity contribution < 1.29 is 4.79 Å². The van der Waals surface area contributed by atoms with Gasteiger partial charge >= 0.3 is 0 Å². The molecule has 0 saturated carbocycles. The van der Waals surface area contributed by atoms with Crippen molar-refractivity contribution in [3.63, 3.8) is 0 Å². The van der Waals surface area contributed by atoms with Gasteiger partial charge < -0.3 is 5.73 Å². The van der Waals surface area contributed by atoms with Gasteiger partial charge in [-0.05, 0) is 37.8 Å². The fourth-order valence-electron chi connectivity index (χ4n) is 2.08. The van der Waals surface area contributed by atoms with Gasteiger partial charge in [-0.25, -0.2) is 0 Å². The molecule has 3 nitrogen and oxygen atoms in total. The summed E-state index contributed by atoms with van der Waals surface area (Å²) >= 11 is 7.65. The zero-order valence-corrected chi connectivity index (χ0v) is 10.7. The average Bonchev–Trinajstić information content (AvgIpc) is 2.59. The topological polar surface area (TPSA) is 55.1 Å². The van der Waals surface area contributed by atoms with Crippen LogP contribution in [0.3, 0.4) is 0 Å². The molecule has 0 saturated heterocycles. The number of aryl methyl sites for hydroxylation is 1. The minimum atomic E-state index is -0.312. The molecular formula is C11H15ClN2OS. The van der Waals surface area contributed by atoms with E-state index in [4.69, 9.17) is 17.3 Å². The predicted molar refractivity (Wildman–Crippen MR) is 66.8 cm³/mol. The summed E-state index contributed by atoms with van der Waals surface area (Å²) in [6.07, 6.45) is 3.26. The average molecular weight is 259 g/mol. The van der Waals surface area contributed by atoms with Crippen LogP contribution in [-0.2, 0) is 11.2 Å². The molecular weight excluding hydrogens is 244 g/mol. The largest absolute Gasteiger partial charge is 0.368 e. The van der Waals surface area contributed by atoms with E-state index in [-0.39, 0.29) is 18.0 Å². The molecule has 0 aliphatic heterocycles. The van der Waals surface area contributed by atoms with Crippen LogP contribution in [0.25, 0.3) is 0 Å². The Hall–Kier alpha value is -0.580. The summed E-state index contributed by atoms with van der Waals surface area (Å²) in [7, 11) is 0. The lowest BCUT2D eigenvalue weighted by molar-refractivity contribution is -0.119. The Bertz CT molecular complexity index is 405. The third-order valence-electron chi connectivity index (χ3n) is 2.96. The zero-order chi connectivity index (χ0) is 11.7. The summed E-state index contributed by atoms with van der Waals surface area (Å²) in [6, 6.07) is 1.93. The number of nitrogens with two attached hydrogens (primary N) is 1. The number of hydrogen-bond acceptors (Lipinski definition) is 3. The first-order chi connectivity index (χ1) is 7.58. The molecule has 1 aliphatic carbocycles. The fourth-order valence-corrected chi connectivity index (χ4v) is 3.46. The number of carbonyl (C=O) groups excluding carboxylic acids is 1. The van der Waals surface area contributed by atoms with Crippen molar-refractivity contribution in [1.82, 2.24) is 5.32 Å². The Morgan fingerprint density at radius 3 is 3.19 bits per heavy atom. The van der Waals surface area contributed by atoms with E-state index in [9.17, 15) is 4.79 Å². The molecule has 0 fully saturated rings. The van der Waals surface area contributed by atoms with Crippen LogP contribution in [0.5, 0.6) is 0 Å². The molecule has 5 heteroatoms. The minimum absolute atomic E-state index is 0.218. The van der Waals surface area contributed by atoms with E-state index in [2.05, 4.69) is 5.32 Å². The predicted octanol–water partition coefficient (Wildman–Crippen LogP) is 2.24. The van der Waals surface area contributed by atoms with Gasteiger partial charge in [0, 0.05) is 10.9 Å². The molecule has 3 N–H and O–H groups in total. The Labute approximate surface area is 104 Å². The van der Waals surface area contributed by atoms with Gasteiger partial charge in [0.25, 0.3) is 0 Å². The van der Waals surface area contributed by atoms with E-state index in [1.807, 2.05) is 6.07 Å². The number of fused-ring (bicyclic) bond motifs is 1. The van der Waals surface area contributed by atoms with Crippen LogP contribution < -0.4 is 11.1 Å². The third-order valence-corrected chi connectivity index (χ3v) is 4.30. The van der Waals surface area contributed by atoms with Gasteiger partial charge in [-0.1, -0.05) is 11.6 Å².